The second-order valence-electron chi connectivity index (χ2n) is 5.68. The number of nitrogens with zero attached hydrogens (tertiary/aromatic N) is 1. The van der Waals surface area contributed by atoms with Crippen LogP contribution in [0.5, 0.6) is 0 Å². The van der Waals surface area contributed by atoms with Crippen molar-refractivity contribution in [3.05, 3.63) is 64.1 Å². The van der Waals surface area contributed by atoms with Crippen molar-refractivity contribution in [2.24, 2.45) is 0 Å². The van der Waals surface area contributed by atoms with Gasteiger partial charge in [0.15, 0.2) is 5.13 Å². The summed E-state index contributed by atoms with van der Waals surface area (Å²) in [4.78, 5) is 18.2. The minimum atomic E-state index is -3.82. The van der Waals surface area contributed by atoms with E-state index in [9.17, 15) is 13.2 Å². The lowest BCUT2D eigenvalue weighted by Crippen LogP contribution is -2.12. The summed E-state index contributed by atoms with van der Waals surface area (Å²) in [5.41, 5.74) is 1.10. The molecule has 0 aliphatic carbocycles. The zero-order valence-corrected chi connectivity index (χ0v) is 18.1. The lowest BCUT2D eigenvalue weighted by Gasteiger charge is -2.05. The molecule has 0 atom stereocenters. The van der Waals surface area contributed by atoms with Crippen molar-refractivity contribution in [3.8, 4) is 0 Å². The van der Waals surface area contributed by atoms with Crippen LogP contribution in [0.15, 0.2) is 58.3 Å². The highest BCUT2D eigenvalue weighted by atomic mass is 35.5. The van der Waals surface area contributed by atoms with Gasteiger partial charge in [-0.15, -0.1) is 11.8 Å². The number of hydrogen-bond donors (Lipinski definition) is 2. The number of nitrogens with one attached hydrogen (secondary N) is 2. The molecule has 1 aromatic heterocycles. The maximum atomic E-state index is 12.6. The molecule has 0 radical (unpaired) electrons. The third-order valence-electron chi connectivity index (χ3n) is 3.68. The number of thiazole rings is 1. The number of amides is 1. The number of aromatic nitrogens is 1. The first-order valence-corrected chi connectivity index (χ1v) is 11.9. The molecule has 0 aliphatic heterocycles. The second kappa shape index (κ2) is 8.52. The number of benzene rings is 2. The fraction of sp³-hybridized carbons (Fsp3) is 0.111. The number of hydrogen-bond acceptors (Lipinski definition) is 6. The van der Waals surface area contributed by atoms with Crippen molar-refractivity contribution in [1.29, 1.82) is 0 Å². The maximum absolute atomic E-state index is 12.6. The Labute approximate surface area is 176 Å². The van der Waals surface area contributed by atoms with Crippen molar-refractivity contribution in [2.45, 2.75) is 16.7 Å². The molecule has 28 heavy (non-hydrogen) atoms. The van der Waals surface area contributed by atoms with Crippen LogP contribution in [0.2, 0.25) is 5.02 Å². The highest BCUT2D eigenvalue weighted by Gasteiger charge is 2.20. The van der Waals surface area contributed by atoms with Crippen LogP contribution < -0.4 is 10.0 Å². The molecule has 0 aliphatic rings. The van der Waals surface area contributed by atoms with E-state index >= 15 is 0 Å². The van der Waals surface area contributed by atoms with Gasteiger partial charge in [-0.05, 0) is 55.6 Å². The number of anilines is 2. The molecule has 146 valence electrons. The van der Waals surface area contributed by atoms with Crippen LogP contribution in [0.25, 0.3) is 0 Å². The molecule has 1 heterocycles. The van der Waals surface area contributed by atoms with Gasteiger partial charge < -0.3 is 5.32 Å². The Balaban J connectivity index is 1.78. The summed E-state index contributed by atoms with van der Waals surface area (Å²) < 4.78 is 27.4. The van der Waals surface area contributed by atoms with E-state index in [1.165, 1.54) is 24.3 Å². The molecule has 3 rings (SSSR count). The first-order chi connectivity index (χ1) is 13.3. The van der Waals surface area contributed by atoms with Crippen molar-refractivity contribution in [3.63, 3.8) is 0 Å². The first-order valence-electron chi connectivity index (χ1n) is 8.00. The summed E-state index contributed by atoms with van der Waals surface area (Å²) in [6, 6.07) is 13.2. The molecule has 0 saturated carbocycles. The molecule has 3 aromatic rings. The number of carbonyl (C=O) groups excluding carboxylic acids is 1. The van der Waals surface area contributed by atoms with E-state index in [-0.39, 0.29) is 15.9 Å². The Bertz CT molecular complexity index is 1110. The topological polar surface area (TPSA) is 88.2 Å². The molecule has 0 fully saturated rings. The number of sulfonamides is 1. The van der Waals surface area contributed by atoms with Gasteiger partial charge in [-0.25, -0.2) is 13.4 Å². The second-order valence-corrected chi connectivity index (χ2v) is 9.68. The van der Waals surface area contributed by atoms with E-state index in [4.69, 9.17) is 11.6 Å². The number of halogens is 1. The maximum Gasteiger partial charge on any atom is 0.267 e. The van der Waals surface area contributed by atoms with Crippen LogP contribution in [-0.4, -0.2) is 25.6 Å². The van der Waals surface area contributed by atoms with E-state index in [0.29, 0.717) is 21.3 Å². The standard InChI is InChI=1S/C18H16ClN3O3S3/c1-11-16(17(23)21-13-4-3-5-14(10-13)26-2)27-18(20-11)22-28(24,25)15-8-6-12(19)7-9-15/h3-10H,1-2H3,(H,20,22)(H,21,23). The molecule has 0 unspecified atom stereocenters. The largest absolute Gasteiger partial charge is 0.321 e. The lowest BCUT2D eigenvalue weighted by atomic mass is 10.3. The van der Waals surface area contributed by atoms with Gasteiger partial charge in [0.25, 0.3) is 15.9 Å². The summed E-state index contributed by atoms with van der Waals surface area (Å²) in [5, 5.41) is 3.37. The van der Waals surface area contributed by atoms with Crippen LogP contribution in [0, 0.1) is 6.92 Å². The predicted octanol–water partition coefficient (Wildman–Crippen LogP) is 4.88. The smallest absolute Gasteiger partial charge is 0.267 e. The van der Waals surface area contributed by atoms with Crippen LogP contribution in [-0.2, 0) is 10.0 Å². The zero-order valence-electron chi connectivity index (χ0n) is 14.9. The van der Waals surface area contributed by atoms with E-state index in [1.54, 1.807) is 24.8 Å². The third-order valence-corrected chi connectivity index (χ3v) is 7.21. The van der Waals surface area contributed by atoms with Crippen LogP contribution >= 0.6 is 34.7 Å². The highest BCUT2D eigenvalue weighted by Crippen LogP contribution is 2.27. The van der Waals surface area contributed by atoms with Gasteiger partial charge in [0.2, 0.25) is 0 Å². The molecule has 0 saturated heterocycles. The van der Waals surface area contributed by atoms with E-state index in [0.717, 1.165) is 16.2 Å². The average molecular weight is 454 g/mol. The van der Waals surface area contributed by atoms with Crippen LogP contribution in [0.4, 0.5) is 10.8 Å². The van der Waals surface area contributed by atoms with Crippen LogP contribution in [0.1, 0.15) is 15.4 Å². The Morgan fingerprint density at radius 2 is 1.89 bits per heavy atom. The SMILES string of the molecule is CSc1cccc(NC(=O)c2sc(NS(=O)(=O)c3ccc(Cl)cc3)nc2C)c1. The van der Waals surface area contributed by atoms with E-state index < -0.39 is 10.0 Å². The molecule has 0 bridgehead atoms. The monoisotopic (exact) mass is 453 g/mol. The van der Waals surface area contributed by atoms with Crippen molar-refractivity contribution in [1.82, 2.24) is 4.98 Å². The Kier molecular flexibility index (Phi) is 6.29. The van der Waals surface area contributed by atoms with Gasteiger partial charge in [-0.3, -0.25) is 9.52 Å². The van der Waals surface area contributed by atoms with Gasteiger partial charge in [0, 0.05) is 15.6 Å². The summed E-state index contributed by atoms with van der Waals surface area (Å²) in [5.74, 6) is -0.342. The quantitative estimate of drug-likeness (QED) is 0.519. The molecule has 1 amide bonds. The summed E-state index contributed by atoms with van der Waals surface area (Å²) in [6.07, 6.45) is 1.95. The molecular formula is C18H16ClN3O3S3. The summed E-state index contributed by atoms with van der Waals surface area (Å²) in [6.45, 7) is 1.66. The van der Waals surface area contributed by atoms with Gasteiger partial charge >= 0.3 is 0 Å². The van der Waals surface area contributed by atoms with Crippen molar-refractivity contribution in [2.75, 3.05) is 16.3 Å². The fourth-order valence-corrected chi connectivity index (χ4v) is 5.01. The Morgan fingerprint density at radius 1 is 1.18 bits per heavy atom. The number of rotatable bonds is 6. The van der Waals surface area contributed by atoms with Crippen molar-refractivity contribution >= 4 is 61.4 Å². The minimum Gasteiger partial charge on any atom is -0.321 e. The van der Waals surface area contributed by atoms with E-state index in [2.05, 4.69) is 15.0 Å². The van der Waals surface area contributed by atoms with Gasteiger partial charge in [-0.2, -0.15) is 0 Å². The highest BCUT2D eigenvalue weighted by molar-refractivity contribution is 7.98. The first kappa shape index (κ1) is 20.7. The van der Waals surface area contributed by atoms with Crippen molar-refractivity contribution < 1.29 is 13.2 Å². The molecular weight excluding hydrogens is 438 g/mol. The zero-order chi connectivity index (χ0) is 20.3. The lowest BCUT2D eigenvalue weighted by molar-refractivity contribution is 0.103. The van der Waals surface area contributed by atoms with E-state index in [1.807, 2.05) is 24.5 Å². The molecule has 0 spiro atoms. The normalized spacial score (nSPS) is 11.2. The fourth-order valence-electron chi connectivity index (χ4n) is 2.33. The predicted molar refractivity (Wildman–Crippen MR) is 115 cm³/mol. The molecule has 2 aromatic carbocycles. The van der Waals surface area contributed by atoms with Gasteiger partial charge in [-0.1, -0.05) is 29.0 Å². The molecule has 6 nitrogen and oxygen atoms in total. The average Bonchev–Trinajstić information content (AvgIpc) is 3.01. The number of carbonyl (C=O) groups is 1. The Hall–Kier alpha value is -2.07. The van der Waals surface area contributed by atoms with Gasteiger partial charge in [0.1, 0.15) is 4.88 Å². The van der Waals surface area contributed by atoms with Crippen LogP contribution in [0.3, 0.4) is 0 Å². The Morgan fingerprint density at radius 3 is 2.57 bits per heavy atom. The third kappa shape index (κ3) is 4.85. The number of thioether (sulfide) groups is 1. The summed E-state index contributed by atoms with van der Waals surface area (Å²) in [7, 11) is -3.82. The molecule has 2 N–H and O–H groups in total. The summed E-state index contributed by atoms with van der Waals surface area (Å²) >= 11 is 8.34. The molecule has 10 heteroatoms. The number of aryl methyl sites for hydroxylation is 1. The van der Waals surface area contributed by atoms with Gasteiger partial charge in [0.05, 0.1) is 10.6 Å². The minimum absolute atomic E-state index is 0.0598.